The van der Waals surface area contributed by atoms with Crippen molar-refractivity contribution in [1.29, 1.82) is 0 Å². The minimum atomic E-state index is 0.865. The zero-order valence-corrected chi connectivity index (χ0v) is 16.8. The monoisotopic (exact) mass is 378 g/mol. The van der Waals surface area contributed by atoms with E-state index >= 15 is 0 Å². The summed E-state index contributed by atoms with van der Waals surface area (Å²) in [6, 6.07) is 8.45. The van der Waals surface area contributed by atoms with Crippen molar-refractivity contribution in [3.8, 4) is 0 Å². The van der Waals surface area contributed by atoms with E-state index in [1.807, 2.05) is 19.3 Å². The molecule has 148 valence electrons. The lowest BCUT2D eigenvalue weighted by molar-refractivity contribution is 0.252. The molecule has 0 spiro atoms. The summed E-state index contributed by atoms with van der Waals surface area (Å²) in [5.41, 5.74) is 3.61. The molecular weight excluding hydrogens is 348 g/mol. The molecule has 6 heteroatoms. The lowest BCUT2D eigenvalue weighted by atomic mass is 10.0. The Hall–Kier alpha value is -2.47. The number of hydrogen-bond acceptors (Lipinski definition) is 6. The van der Waals surface area contributed by atoms with Crippen LogP contribution < -0.4 is 10.2 Å². The summed E-state index contributed by atoms with van der Waals surface area (Å²) in [4.78, 5) is 18.5. The lowest BCUT2D eigenvalue weighted by Crippen LogP contribution is -2.47. The number of amidine groups is 1. The molecule has 0 unspecified atom stereocenters. The van der Waals surface area contributed by atoms with Gasteiger partial charge in [0.2, 0.25) is 5.95 Å². The van der Waals surface area contributed by atoms with Gasteiger partial charge in [0.15, 0.2) is 0 Å². The molecule has 1 fully saturated rings. The van der Waals surface area contributed by atoms with Crippen molar-refractivity contribution < 1.29 is 0 Å². The van der Waals surface area contributed by atoms with Gasteiger partial charge in [0.05, 0.1) is 5.69 Å². The molecule has 0 radical (unpaired) electrons. The van der Waals surface area contributed by atoms with E-state index in [-0.39, 0.29) is 0 Å². The largest absolute Gasteiger partial charge is 0.374 e. The first kappa shape index (κ1) is 18.9. The summed E-state index contributed by atoms with van der Waals surface area (Å²) in [7, 11) is 0. The predicted molar refractivity (Wildman–Crippen MR) is 115 cm³/mol. The second-order valence-corrected chi connectivity index (χ2v) is 7.71. The van der Waals surface area contributed by atoms with Crippen molar-refractivity contribution >= 4 is 17.5 Å². The average molecular weight is 379 g/mol. The Kier molecular flexibility index (Phi) is 6.17. The van der Waals surface area contributed by atoms with E-state index in [1.165, 1.54) is 24.9 Å². The molecule has 2 aromatic rings. The normalized spacial score (nSPS) is 17.2. The molecule has 6 nitrogen and oxygen atoms in total. The highest BCUT2D eigenvalue weighted by Crippen LogP contribution is 2.24. The van der Waals surface area contributed by atoms with Crippen LogP contribution in [0.15, 0.2) is 41.7 Å². The highest BCUT2D eigenvalue weighted by molar-refractivity contribution is 5.87. The molecule has 1 aromatic heterocycles. The van der Waals surface area contributed by atoms with Gasteiger partial charge in [-0.2, -0.15) is 0 Å². The van der Waals surface area contributed by atoms with E-state index in [2.05, 4.69) is 49.4 Å². The van der Waals surface area contributed by atoms with Crippen molar-refractivity contribution in [3.63, 3.8) is 0 Å². The van der Waals surface area contributed by atoms with Gasteiger partial charge in [0, 0.05) is 51.5 Å². The fourth-order valence-corrected chi connectivity index (χ4v) is 3.83. The van der Waals surface area contributed by atoms with E-state index < -0.39 is 0 Å². The van der Waals surface area contributed by atoms with E-state index in [4.69, 9.17) is 4.99 Å². The van der Waals surface area contributed by atoms with Crippen LogP contribution in [0, 0.1) is 6.92 Å². The Balaban J connectivity index is 1.12. The van der Waals surface area contributed by atoms with Crippen LogP contribution in [0.4, 0.5) is 11.6 Å². The molecule has 1 N–H and O–H groups in total. The molecule has 4 rings (SSSR count). The van der Waals surface area contributed by atoms with Gasteiger partial charge in [-0.3, -0.25) is 4.90 Å². The Bertz CT molecular complexity index is 793. The van der Waals surface area contributed by atoms with Gasteiger partial charge in [0.25, 0.3) is 0 Å². The Morgan fingerprint density at radius 2 is 1.75 bits per heavy atom. The minimum Gasteiger partial charge on any atom is -0.374 e. The molecule has 1 saturated heterocycles. The summed E-state index contributed by atoms with van der Waals surface area (Å²) < 4.78 is 0. The first-order chi connectivity index (χ1) is 13.8. The summed E-state index contributed by atoms with van der Waals surface area (Å²) in [5, 5.41) is 3.54. The van der Waals surface area contributed by atoms with Crippen LogP contribution in [0.1, 0.15) is 30.4 Å². The number of hydrogen-bond donors (Lipinski definition) is 1. The maximum absolute atomic E-state index is 4.75. The second-order valence-electron chi connectivity index (χ2n) is 7.71. The van der Waals surface area contributed by atoms with Crippen LogP contribution in [0.5, 0.6) is 0 Å². The highest BCUT2D eigenvalue weighted by atomic mass is 15.3. The van der Waals surface area contributed by atoms with Gasteiger partial charge >= 0.3 is 0 Å². The number of benzene rings is 1. The molecule has 2 aliphatic heterocycles. The van der Waals surface area contributed by atoms with Gasteiger partial charge in [-0.15, -0.1) is 0 Å². The maximum atomic E-state index is 4.75. The average Bonchev–Trinajstić information content (AvgIpc) is 2.74. The molecular formula is C22H30N6. The van der Waals surface area contributed by atoms with Crippen molar-refractivity contribution in [2.45, 2.75) is 32.6 Å². The zero-order valence-electron chi connectivity index (χ0n) is 16.8. The van der Waals surface area contributed by atoms with Crippen molar-refractivity contribution in [2.75, 3.05) is 44.2 Å². The standard InChI is InChI=1S/C22H30N6/c1-18-16-24-22(25-17-18)28-14-12-27(13-15-28)11-5-4-10-23-21-9-8-19-6-2-3-7-20(19)26-21/h2-3,6-7,16-17H,4-5,8-15H2,1H3,(H,23,26). The van der Waals surface area contributed by atoms with Crippen LogP contribution in [0.25, 0.3) is 0 Å². The molecule has 0 atom stereocenters. The summed E-state index contributed by atoms with van der Waals surface area (Å²) in [6.07, 6.45) is 8.32. The molecule has 0 saturated carbocycles. The summed E-state index contributed by atoms with van der Waals surface area (Å²) >= 11 is 0. The molecule has 0 aliphatic carbocycles. The van der Waals surface area contributed by atoms with Gasteiger partial charge < -0.3 is 10.2 Å². The summed E-state index contributed by atoms with van der Waals surface area (Å²) in [6.45, 7) is 8.41. The predicted octanol–water partition coefficient (Wildman–Crippen LogP) is 2.95. The maximum Gasteiger partial charge on any atom is 0.225 e. The quantitative estimate of drug-likeness (QED) is 0.783. The van der Waals surface area contributed by atoms with E-state index in [1.54, 1.807) is 0 Å². The number of unbranched alkanes of at least 4 members (excludes halogenated alkanes) is 1. The van der Waals surface area contributed by atoms with Gasteiger partial charge in [-0.05, 0) is 49.9 Å². The van der Waals surface area contributed by atoms with E-state index in [0.717, 1.165) is 68.6 Å². The summed E-state index contributed by atoms with van der Waals surface area (Å²) in [5.74, 6) is 2.01. The fourth-order valence-electron chi connectivity index (χ4n) is 3.83. The van der Waals surface area contributed by atoms with Crippen LogP contribution >= 0.6 is 0 Å². The number of fused-ring (bicyclic) bond motifs is 1. The van der Waals surface area contributed by atoms with Crippen molar-refractivity contribution in [2.24, 2.45) is 4.99 Å². The number of nitrogens with zero attached hydrogens (tertiary/aromatic N) is 5. The third kappa shape index (κ3) is 4.87. The second kappa shape index (κ2) is 9.15. The zero-order chi connectivity index (χ0) is 19.2. The molecule has 0 amide bonds. The van der Waals surface area contributed by atoms with Crippen LogP contribution in [-0.4, -0.2) is 60.0 Å². The minimum absolute atomic E-state index is 0.865. The van der Waals surface area contributed by atoms with Crippen molar-refractivity contribution in [3.05, 3.63) is 47.8 Å². The van der Waals surface area contributed by atoms with E-state index in [0.29, 0.717) is 0 Å². The third-order valence-corrected chi connectivity index (χ3v) is 5.53. The number of nitrogens with one attached hydrogen (secondary N) is 1. The molecule has 1 aromatic carbocycles. The number of para-hydroxylation sites is 1. The van der Waals surface area contributed by atoms with Crippen LogP contribution in [0.3, 0.4) is 0 Å². The number of piperazine rings is 1. The van der Waals surface area contributed by atoms with Crippen LogP contribution in [0.2, 0.25) is 0 Å². The SMILES string of the molecule is Cc1cnc(N2CCN(CCCCNC3=Nc4ccccc4CC3)CC2)nc1. The number of aliphatic imine (C=N–C) groups is 1. The lowest BCUT2D eigenvalue weighted by Gasteiger charge is -2.34. The Morgan fingerprint density at radius 1 is 0.964 bits per heavy atom. The van der Waals surface area contributed by atoms with Gasteiger partial charge in [-0.1, -0.05) is 18.2 Å². The molecule has 3 heterocycles. The molecule has 28 heavy (non-hydrogen) atoms. The molecule has 2 aliphatic rings. The van der Waals surface area contributed by atoms with Gasteiger partial charge in [0.1, 0.15) is 5.84 Å². The van der Waals surface area contributed by atoms with Gasteiger partial charge in [-0.25, -0.2) is 15.0 Å². The number of aromatic nitrogens is 2. The Labute approximate surface area is 167 Å². The first-order valence-corrected chi connectivity index (χ1v) is 10.4. The topological polar surface area (TPSA) is 56.7 Å². The Morgan fingerprint density at radius 3 is 2.57 bits per heavy atom. The third-order valence-electron chi connectivity index (χ3n) is 5.53. The van der Waals surface area contributed by atoms with Crippen LogP contribution in [-0.2, 0) is 6.42 Å². The van der Waals surface area contributed by atoms with E-state index in [9.17, 15) is 0 Å². The smallest absolute Gasteiger partial charge is 0.225 e. The number of rotatable bonds is 6. The first-order valence-electron chi connectivity index (χ1n) is 10.4. The number of anilines is 1. The van der Waals surface area contributed by atoms with Crippen molar-refractivity contribution in [1.82, 2.24) is 20.2 Å². The number of aryl methyl sites for hydroxylation is 2. The fraction of sp³-hybridized carbons (Fsp3) is 0.500. The highest BCUT2D eigenvalue weighted by Gasteiger charge is 2.18. The molecule has 0 bridgehead atoms.